The molecular formula is C42H74O4. The molecule has 266 valence electrons. The van der Waals surface area contributed by atoms with Gasteiger partial charge in [-0.15, -0.1) is 0 Å². The number of unbranched alkanes of at least 4 members (excludes halogenated alkanes) is 19. The molecule has 0 radical (unpaired) electrons. The first kappa shape index (κ1) is 43.9. The van der Waals surface area contributed by atoms with Gasteiger partial charge >= 0.3 is 11.9 Å². The van der Waals surface area contributed by atoms with E-state index in [2.05, 4.69) is 62.5 Å². The van der Waals surface area contributed by atoms with Gasteiger partial charge in [-0.1, -0.05) is 165 Å². The predicted octanol–water partition coefficient (Wildman–Crippen LogP) is 13.6. The molecule has 0 saturated carbocycles. The summed E-state index contributed by atoms with van der Waals surface area (Å²) in [5.41, 5.74) is 0. The average Bonchev–Trinajstić information content (AvgIpc) is 3.04. The summed E-state index contributed by atoms with van der Waals surface area (Å²) in [4.78, 5) is 22.8. The largest absolute Gasteiger partial charge is 0.481 e. The van der Waals surface area contributed by atoms with Crippen molar-refractivity contribution in [1.29, 1.82) is 0 Å². The van der Waals surface area contributed by atoms with Crippen LogP contribution in [0.1, 0.15) is 200 Å². The van der Waals surface area contributed by atoms with Gasteiger partial charge in [0.15, 0.2) is 0 Å². The molecule has 0 saturated heterocycles. The Kier molecular flexibility index (Phi) is 35.7. The van der Waals surface area contributed by atoms with Crippen molar-refractivity contribution in [3.05, 3.63) is 48.6 Å². The van der Waals surface area contributed by atoms with E-state index in [1.54, 1.807) is 0 Å². The van der Waals surface area contributed by atoms with Gasteiger partial charge in [0.1, 0.15) is 6.10 Å². The topological polar surface area (TPSA) is 63.6 Å². The SMILES string of the molecule is CCCCC/C=C\C/C=C\C/C=C\C/C=C\CCCC(=O)OC(CC)CCCCCCCCCCCCCCCCCCC(=O)O. The van der Waals surface area contributed by atoms with E-state index in [-0.39, 0.29) is 12.1 Å². The van der Waals surface area contributed by atoms with Crippen molar-refractivity contribution < 1.29 is 19.4 Å². The molecule has 46 heavy (non-hydrogen) atoms. The Morgan fingerprint density at radius 2 is 0.913 bits per heavy atom. The maximum absolute atomic E-state index is 12.3. The third-order valence-corrected chi connectivity index (χ3v) is 8.63. The van der Waals surface area contributed by atoms with Gasteiger partial charge in [-0.05, 0) is 70.6 Å². The molecule has 0 bridgehead atoms. The van der Waals surface area contributed by atoms with Crippen molar-refractivity contribution in [3.8, 4) is 0 Å². The van der Waals surface area contributed by atoms with E-state index in [0.29, 0.717) is 12.8 Å². The number of carboxylic acids is 1. The van der Waals surface area contributed by atoms with Crippen molar-refractivity contribution in [2.24, 2.45) is 0 Å². The van der Waals surface area contributed by atoms with E-state index < -0.39 is 5.97 Å². The summed E-state index contributed by atoms with van der Waals surface area (Å²) in [6.07, 6.45) is 50.8. The Hall–Kier alpha value is -2.10. The lowest BCUT2D eigenvalue weighted by Gasteiger charge is -2.16. The zero-order chi connectivity index (χ0) is 33.6. The summed E-state index contributed by atoms with van der Waals surface area (Å²) >= 11 is 0. The van der Waals surface area contributed by atoms with Crippen molar-refractivity contribution in [2.75, 3.05) is 0 Å². The van der Waals surface area contributed by atoms with Crippen LogP contribution in [0.15, 0.2) is 48.6 Å². The summed E-state index contributed by atoms with van der Waals surface area (Å²) < 4.78 is 5.76. The highest BCUT2D eigenvalue weighted by Gasteiger charge is 2.11. The Bertz CT molecular complexity index is 779. The minimum atomic E-state index is -0.666. The van der Waals surface area contributed by atoms with E-state index in [9.17, 15) is 9.59 Å². The molecule has 0 amide bonds. The number of ether oxygens (including phenoxy) is 1. The Labute approximate surface area is 285 Å². The molecule has 0 fully saturated rings. The van der Waals surface area contributed by atoms with Gasteiger partial charge in [0.2, 0.25) is 0 Å². The van der Waals surface area contributed by atoms with E-state index in [1.165, 1.54) is 109 Å². The smallest absolute Gasteiger partial charge is 0.306 e. The third kappa shape index (κ3) is 36.4. The Morgan fingerprint density at radius 3 is 1.35 bits per heavy atom. The molecule has 4 heteroatoms. The van der Waals surface area contributed by atoms with Crippen LogP contribution in [0, 0.1) is 0 Å². The molecule has 0 rings (SSSR count). The fraction of sp³-hybridized carbons (Fsp3) is 0.762. The fourth-order valence-electron chi connectivity index (χ4n) is 5.64. The Morgan fingerprint density at radius 1 is 0.500 bits per heavy atom. The minimum absolute atomic E-state index is 0.0317. The molecule has 0 heterocycles. The molecule has 0 aromatic rings. The standard InChI is InChI=1S/C42H74O4/c1-3-5-6-7-8-9-10-11-12-13-18-21-24-27-30-33-36-39-42(45)46-40(4-2)37-34-31-28-25-22-19-16-14-15-17-20-23-26-29-32-35-38-41(43)44/h8-9,11-12,18,21,27,30,40H,3-7,10,13-17,19-20,22-26,28-29,31-39H2,1-2H3,(H,43,44)/b9-8-,12-11-,21-18-,30-27-. The second-order valence-electron chi connectivity index (χ2n) is 13.1. The van der Waals surface area contributed by atoms with Crippen LogP contribution in [-0.2, 0) is 14.3 Å². The number of esters is 1. The number of rotatable bonds is 35. The maximum atomic E-state index is 12.3. The number of carboxylic acid groups (broad SMARTS) is 1. The molecule has 0 aromatic carbocycles. The number of allylic oxidation sites excluding steroid dienone is 8. The van der Waals surface area contributed by atoms with Crippen molar-refractivity contribution in [2.45, 2.75) is 206 Å². The lowest BCUT2D eigenvalue weighted by Crippen LogP contribution is -2.17. The third-order valence-electron chi connectivity index (χ3n) is 8.63. The molecule has 4 nitrogen and oxygen atoms in total. The number of hydrogen-bond acceptors (Lipinski definition) is 3. The van der Waals surface area contributed by atoms with Crippen LogP contribution in [0.4, 0.5) is 0 Å². The molecular weight excluding hydrogens is 568 g/mol. The molecule has 0 aliphatic heterocycles. The maximum Gasteiger partial charge on any atom is 0.306 e. The quantitative estimate of drug-likeness (QED) is 0.0424. The van der Waals surface area contributed by atoms with Crippen LogP contribution in [0.2, 0.25) is 0 Å². The number of aliphatic carboxylic acids is 1. The summed E-state index contributed by atoms with van der Waals surface area (Å²) in [7, 11) is 0. The van der Waals surface area contributed by atoms with Crippen molar-refractivity contribution in [1.82, 2.24) is 0 Å². The fourth-order valence-corrected chi connectivity index (χ4v) is 5.64. The first-order valence-corrected chi connectivity index (χ1v) is 19.6. The minimum Gasteiger partial charge on any atom is -0.481 e. The predicted molar refractivity (Wildman–Crippen MR) is 199 cm³/mol. The summed E-state index contributed by atoms with van der Waals surface area (Å²) in [5.74, 6) is -0.698. The van der Waals surface area contributed by atoms with E-state index in [0.717, 1.165) is 64.2 Å². The molecule has 0 aliphatic rings. The van der Waals surface area contributed by atoms with Crippen LogP contribution < -0.4 is 0 Å². The zero-order valence-corrected chi connectivity index (χ0v) is 30.4. The van der Waals surface area contributed by atoms with E-state index in [4.69, 9.17) is 9.84 Å². The highest BCUT2D eigenvalue weighted by atomic mass is 16.5. The van der Waals surface area contributed by atoms with Crippen LogP contribution in [-0.4, -0.2) is 23.1 Å². The van der Waals surface area contributed by atoms with Gasteiger partial charge in [-0.2, -0.15) is 0 Å². The van der Waals surface area contributed by atoms with Crippen molar-refractivity contribution >= 4 is 11.9 Å². The van der Waals surface area contributed by atoms with E-state index in [1.807, 2.05) is 0 Å². The Balaban J connectivity index is 3.53. The van der Waals surface area contributed by atoms with Crippen LogP contribution >= 0.6 is 0 Å². The van der Waals surface area contributed by atoms with Gasteiger partial charge < -0.3 is 9.84 Å². The van der Waals surface area contributed by atoms with Gasteiger partial charge in [-0.3, -0.25) is 9.59 Å². The van der Waals surface area contributed by atoms with Crippen molar-refractivity contribution in [3.63, 3.8) is 0 Å². The average molecular weight is 643 g/mol. The molecule has 0 aromatic heterocycles. The van der Waals surface area contributed by atoms with Crippen LogP contribution in [0.3, 0.4) is 0 Å². The second kappa shape index (κ2) is 37.4. The second-order valence-corrected chi connectivity index (χ2v) is 13.1. The summed E-state index contributed by atoms with van der Waals surface area (Å²) in [6.45, 7) is 4.37. The van der Waals surface area contributed by atoms with E-state index >= 15 is 0 Å². The highest BCUT2D eigenvalue weighted by molar-refractivity contribution is 5.69. The van der Waals surface area contributed by atoms with Gasteiger partial charge in [0, 0.05) is 12.8 Å². The normalized spacial score (nSPS) is 12.7. The van der Waals surface area contributed by atoms with Gasteiger partial charge in [-0.25, -0.2) is 0 Å². The van der Waals surface area contributed by atoms with Crippen LogP contribution in [0.25, 0.3) is 0 Å². The number of hydrogen-bond donors (Lipinski definition) is 1. The first-order chi connectivity index (χ1) is 22.6. The van der Waals surface area contributed by atoms with Gasteiger partial charge in [0.25, 0.3) is 0 Å². The molecule has 1 N–H and O–H groups in total. The number of carbonyl (C=O) groups excluding carboxylic acids is 1. The summed E-state index contributed by atoms with van der Waals surface area (Å²) in [5, 5.41) is 8.65. The highest BCUT2D eigenvalue weighted by Crippen LogP contribution is 2.16. The van der Waals surface area contributed by atoms with Gasteiger partial charge in [0.05, 0.1) is 0 Å². The molecule has 0 spiro atoms. The zero-order valence-electron chi connectivity index (χ0n) is 30.4. The molecule has 1 unspecified atom stereocenters. The monoisotopic (exact) mass is 643 g/mol. The first-order valence-electron chi connectivity index (χ1n) is 19.6. The lowest BCUT2D eigenvalue weighted by atomic mass is 10.0. The van der Waals surface area contributed by atoms with Crippen LogP contribution in [0.5, 0.6) is 0 Å². The lowest BCUT2D eigenvalue weighted by molar-refractivity contribution is -0.149. The molecule has 0 aliphatic carbocycles. The molecule has 1 atom stereocenters. The summed E-state index contributed by atoms with van der Waals surface area (Å²) in [6, 6.07) is 0. The number of carbonyl (C=O) groups is 2.